The van der Waals surface area contributed by atoms with Gasteiger partial charge in [-0.15, -0.1) is 0 Å². The van der Waals surface area contributed by atoms with Gasteiger partial charge in [0, 0.05) is 12.8 Å². The van der Waals surface area contributed by atoms with Crippen molar-refractivity contribution in [3.05, 3.63) is 0 Å². The first kappa shape index (κ1) is 13.1. The minimum absolute atomic E-state index is 0.810. The number of nitrogens with two attached hydrogens (primary N) is 1. The molecule has 0 unspecified atom stereocenters. The molecule has 0 aromatic rings. The summed E-state index contributed by atoms with van der Waals surface area (Å²) in [7, 11) is -1.46. The molecule has 0 atom stereocenters. The second-order valence-electron chi connectivity index (χ2n) is 2.53. The number of rotatable bonds is 4. The number of hydrogen-bond acceptors (Lipinski definition) is 3. The van der Waals surface area contributed by atoms with E-state index in [1.807, 2.05) is 13.8 Å². The van der Waals surface area contributed by atoms with Crippen LogP contribution in [0.5, 0.6) is 0 Å². The zero-order valence-corrected chi connectivity index (χ0v) is 9.56. The van der Waals surface area contributed by atoms with Crippen LogP contribution in [-0.2, 0) is 9.05 Å². The Bertz CT molecular complexity index is 220. The van der Waals surface area contributed by atoms with Gasteiger partial charge in [0.1, 0.15) is 12.2 Å². The zero-order chi connectivity index (χ0) is 10.6. The first-order chi connectivity index (χ1) is 6.81. The molecule has 14 heavy (non-hydrogen) atoms. The minimum Gasteiger partial charge on any atom is -0.373 e. The predicted octanol–water partition coefficient (Wildman–Crippen LogP) is 2.73. The molecule has 0 saturated heterocycles. The monoisotopic (exact) mass is 213 g/mol. The highest BCUT2D eigenvalue weighted by Gasteiger charge is 2.00. The van der Waals surface area contributed by atoms with E-state index in [0.29, 0.717) is 0 Å². The second-order valence-corrected chi connectivity index (χ2v) is 3.46. The van der Waals surface area contributed by atoms with E-state index in [1.54, 1.807) is 0 Å². The van der Waals surface area contributed by atoms with E-state index in [0.717, 1.165) is 25.7 Å². The van der Waals surface area contributed by atoms with Crippen LogP contribution in [0.4, 0.5) is 0 Å². The molecule has 0 aromatic heterocycles. The van der Waals surface area contributed by atoms with E-state index >= 15 is 0 Å². The predicted molar refractivity (Wildman–Crippen MR) is 58.6 cm³/mol. The first-order valence-corrected chi connectivity index (χ1v) is 5.90. The quantitative estimate of drug-likeness (QED) is 0.576. The van der Waals surface area contributed by atoms with Gasteiger partial charge in [-0.1, -0.05) is 25.7 Å². The van der Waals surface area contributed by atoms with E-state index < -0.39 is 8.53 Å². The summed E-state index contributed by atoms with van der Waals surface area (Å²) in [6, 6.07) is 0. The smallest absolute Gasteiger partial charge is 0.373 e. The minimum atomic E-state index is -1.46. The molecular weight excluding hydrogens is 197 g/mol. The van der Waals surface area contributed by atoms with Gasteiger partial charge < -0.3 is 9.05 Å². The van der Waals surface area contributed by atoms with Crippen molar-refractivity contribution in [2.75, 3.05) is 0 Å². The molecule has 0 rings (SSSR count). The molecule has 0 amide bonds. The van der Waals surface area contributed by atoms with E-state index in [2.05, 4.69) is 24.1 Å². The second kappa shape index (κ2) is 10.2. The fourth-order valence-corrected chi connectivity index (χ4v) is 0.872. The Morgan fingerprint density at radius 2 is 1.43 bits per heavy atom. The zero-order valence-electron chi connectivity index (χ0n) is 8.67. The average molecular weight is 213 g/mol. The molecule has 0 spiro atoms. The van der Waals surface area contributed by atoms with Gasteiger partial charge in [0.05, 0.1) is 0 Å². The van der Waals surface area contributed by atoms with Gasteiger partial charge in [-0.3, -0.25) is 0 Å². The number of unbranched alkanes of at least 4 members (excludes halogenated alkanes) is 2. The third-order valence-corrected chi connectivity index (χ3v) is 1.71. The Kier molecular flexibility index (Phi) is 9.54. The highest BCUT2D eigenvalue weighted by Crippen LogP contribution is 2.26. The Hall–Kier alpha value is -0.890. The van der Waals surface area contributed by atoms with Crippen molar-refractivity contribution in [3.63, 3.8) is 0 Å². The van der Waals surface area contributed by atoms with Gasteiger partial charge in [-0.2, -0.15) is 0 Å². The molecule has 0 saturated carbocycles. The van der Waals surface area contributed by atoms with Crippen LogP contribution in [0.2, 0.25) is 0 Å². The topological polar surface area (TPSA) is 44.5 Å². The first-order valence-electron chi connectivity index (χ1n) is 4.65. The lowest BCUT2D eigenvalue weighted by molar-refractivity contribution is 0.447. The Labute approximate surface area is 87.3 Å². The van der Waals surface area contributed by atoms with Gasteiger partial charge in [0.15, 0.2) is 0 Å². The highest BCUT2D eigenvalue weighted by atomic mass is 31.2. The maximum absolute atomic E-state index is 5.45. The molecule has 2 N–H and O–H groups in total. The van der Waals surface area contributed by atoms with Gasteiger partial charge in [0.2, 0.25) is 0 Å². The summed E-state index contributed by atoms with van der Waals surface area (Å²) in [6.07, 6.45) is 8.62. The van der Waals surface area contributed by atoms with Gasteiger partial charge in [-0.25, -0.2) is 5.50 Å². The van der Waals surface area contributed by atoms with Crippen molar-refractivity contribution in [1.82, 2.24) is 0 Å². The largest absolute Gasteiger partial charge is 0.396 e. The molecule has 0 aliphatic heterocycles. The molecule has 0 fully saturated rings. The summed E-state index contributed by atoms with van der Waals surface area (Å²) < 4.78 is 9.76. The molecule has 0 bridgehead atoms. The van der Waals surface area contributed by atoms with E-state index in [-0.39, 0.29) is 0 Å². The van der Waals surface area contributed by atoms with Gasteiger partial charge in [-0.05, 0) is 12.8 Å². The van der Waals surface area contributed by atoms with Crippen molar-refractivity contribution in [2.24, 2.45) is 5.50 Å². The fraction of sp³-hybridized carbons (Fsp3) is 0.600. The fourth-order valence-electron chi connectivity index (χ4n) is 0.525. The Morgan fingerprint density at radius 3 is 1.79 bits per heavy atom. The van der Waals surface area contributed by atoms with Crippen molar-refractivity contribution in [1.29, 1.82) is 0 Å². The molecule has 0 aliphatic carbocycles. The SMILES string of the molecule is CCCC#COP(N)OC#CCCC. The standard InChI is InChI=1S/C10H16NO2P/c1-3-5-7-9-12-14(11)13-10-8-6-4-2/h3-6,11H2,1-2H3. The van der Waals surface area contributed by atoms with Gasteiger partial charge in [0.25, 0.3) is 0 Å². The maximum atomic E-state index is 5.45. The average Bonchev–Trinajstić information content (AvgIpc) is 2.19. The summed E-state index contributed by atoms with van der Waals surface area (Å²) in [4.78, 5) is 0. The van der Waals surface area contributed by atoms with E-state index in [1.165, 1.54) is 0 Å². The molecule has 4 heteroatoms. The lowest BCUT2D eigenvalue weighted by Gasteiger charge is -2.00. The van der Waals surface area contributed by atoms with Crippen molar-refractivity contribution >= 4 is 8.53 Å². The van der Waals surface area contributed by atoms with Crippen LogP contribution in [0.25, 0.3) is 0 Å². The van der Waals surface area contributed by atoms with Crippen LogP contribution in [0.15, 0.2) is 0 Å². The molecule has 3 nitrogen and oxygen atoms in total. The van der Waals surface area contributed by atoms with Crippen LogP contribution in [-0.4, -0.2) is 0 Å². The van der Waals surface area contributed by atoms with Crippen molar-refractivity contribution < 1.29 is 9.05 Å². The van der Waals surface area contributed by atoms with Crippen molar-refractivity contribution in [3.8, 4) is 24.1 Å². The van der Waals surface area contributed by atoms with Crippen LogP contribution in [0.1, 0.15) is 39.5 Å². The van der Waals surface area contributed by atoms with Crippen LogP contribution >= 0.6 is 8.53 Å². The number of hydrogen-bond donors (Lipinski definition) is 1. The third-order valence-electron chi connectivity index (χ3n) is 1.17. The van der Waals surface area contributed by atoms with Gasteiger partial charge >= 0.3 is 8.53 Å². The lowest BCUT2D eigenvalue weighted by atomic mass is 10.4. The molecular formula is C10H16NO2P. The maximum Gasteiger partial charge on any atom is 0.396 e. The molecule has 0 aliphatic rings. The molecule has 78 valence electrons. The summed E-state index contributed by atoms with van der Waals surface area (Å²) >= 11 is 0. The Morgan fingerprint density at radius 1 is 1.00 bits per heavy atom. The summed E-state index contributed by atoms with van der Waals surface area (Å²) in [5.41, 5.74) is 5.45. The van der Waals surface area contributed by atoms with Crippen molar-refractivity contribution in [2.45, 2.75) is 39.5 Å². The molecule has 0 aromatic carbocycles. The molecule has 0 radical (unpaired) electrons. The van der Waals surface area contributed by atoms with Crippen LogP contribution in [0, 0.1) is 24.1 Å². The van der Waals surface area contributed by atoms with E-state index in [9.17, 15) is 0 Å². The van der Waals surface area contributed by atoms with Crippen LogP contribution in [0.3, 0.4) is 0 Å². The normalized spacial score (nSPS) is 8.29. The Balaban J connectivity index is 3.52. The third kappa shape index (κ3) is 9.20. The molecule has 0 heterocycles. The van der Waals surface area contributed by atoms with E-state index in [4.69, 9.17) is 14.6 Å². The van der Waals surface area contributed by atoms with Crippen LogP contribution < -0.4 is 5.50 Å². The summed E-state index contributed by atoms with van der Waals surface area (Å²) in [5.74, 6) is 5.61. The summed E-state index contributed by atoms with van der Waals surface area (Å²) in [5, 5.41) is 0. The highest BCUT2D eigenvalue weighted by molar-refractivity contribution is 7.44. The summed E-state index contributed by atoms with van der Waals surface area (Å²) in [6.45, 7) is 4.10. The lowest BCUT2D eigenvalue weighted by Crippen LogP contribution is -1.90.